The molecule has 142 valence electrons. The average molecular weight is 372 g/mol. The largest absolute Gasteiger partial charge is 0.360 e. The number of carbonyl (C=O) groups is 1. The number of hydrogen-bond acceptors (Lipinski definition) is 6. The van der Waals surface area contributed by atoms with Crippen LogP contribution in [0, 0.1) is 13.8 Å². The van der Waals surface area contributed by atoms with Crippen molar-refractivity contribution < 1.29 is 17.7 Å². The first-order valence-corrected chi connectivity index (χ1v) is 10.2. The SMILES string of the molecule is CCN(CC)C(=O)CN1CCCN(S(=O)(=O)c2c(C)noc2C)CC1. The predicted octanol–water partition coefficient (Wildman–Crippen LogP) is 0.856. The molecule has 1 saturated heterocycles. The smallest absolute Gasteiger partial charge is 0.248 e. The number of sulfonamides is 1. The van der Waals surface area contributed by atoms with Crippen molar-refractivity contribution in [2.75, 3.05) is 45.8 Å². The second-order valence-corrected chi connectivity index (χ2v) is 8.13. The van der Waals surface area contributed by atoms with Gasteiger partial charge >= 0.3 is 0 Å². The second-order valence-electron chi connectivity index (χ2n) is 6.25. The summed E-state index contributed by atoms with van der Waals surface area (Å²) in [6, 6.07) is 0. The van der Waals surface area contributed by atoms with Gasteiger partial charge in [0, 0.05) is 32.7 Å². The summed E-state index contributed by atoms with van der Waals surface area (Å²) in [4.78, 5) is 16.3. The van der Waals surface area contributed by atoms with Crippen LogP contribution >= 0.6 is 0 Å². The van der Waals surface area contributed by atoms with Gasteiger partial charge in [0.15, 0.2) is 5.76 Å². The van der Waals surface area contributed by atoms with Crippen LogP contribution in [-0.4, -0.2) is 79.4 Å². The Morgan fingerprint density at radius 2 is 1.84 bits per heavy atom. The minimum Gasteiger partial charge on any atom is -0.360 e. The lowest BCUT2D eigenvalue weighted by molar-refractivity contribution is -0.132. The van der Waals surface area contributed by atoms with Gasteiger partial charge in [-0.05, 0) is 40.7 Å². The van der Waals surface area contributed by atoms with Crippen molar-refractivity contribution in [3.8, 4) is 0 Å². The Balaban J connectivity index is 2.05. The molecule has 0 bridgehead atoms. The molecule has 1 aromatic rings. The maximum Gasteiger partial charge on any atom is 0.248 e. The predicted molar refractivity (Wildman–Crippen MR) is 93.7 cm³/mol. The van der Waals surface area contributed by atoms with E-state index < -0.39 is 10.0 Å². The highest BCUT2D eigenvalue weighted by Crippen LogP contribution is 2.24. The Hall–Kier alpha value is -1.45. The first-order chi connectivity index (χ1) is 11.8. The number of rotatable bonds is 6. The molecule has 1 amide bonds. The van der Waals surface area contributed by atoms with E-state index in [1.54, 1.807) is 18.7 Å². The fraction of sp³-hybridized carbons (Fsp3) is 0.750. The summed E-state index contributed by atoms with van der Waals surface area (Å²) in [6.45, 7) is 10.9. The number of aromatic nitrogens is 1. The summed E-state index contributed by atoms with van der Waals surface area (Å²) in [6.07, 6.45) is 0.689. The lowest BCUT2D eigenvalue weighted by Gasteiger charge is -2.25. The highest BCUT2D eigenvalue weighted by molar-refractivity contribution is 7.89. The van der Waals surface area contributed by atoms with E-state index in [0.717, 1.165) is 0 Å². The summed E-state index contributed by atoms with van der Waals surface area (Å²) in [5.41, 5.74) is 0.385. The van der Waals surface area contributed by atoms with E-state index in [2.05, 4.69) is 5.16 Å². The van der Waals surface area contributed by atoms with Crippen LogP contribution < -0.4 is 0 Å². The van der Waals surface area contributed by atoms with E-state index in [9.17, 15) is 13.2 Å². The Bertz CT molecular complexity index is 677. The normalized spacial score (nSPS) is 17.4. The van der Waals surface area contributed by atoms with Crippen molar-refractivity contribution >= 4 is 15.9 Å². The van der Waals surface area contributed by atoms with E-state index in [4.69, 9.17) is 4.52 Å². The maximum absolute atomic E-state index is 12.9. The average Bonchev–Trinajstić information content (AvgIpc) is 2.75. The quantitative estimate of drug-likeness (QED) is 0.736. The van der Waals surface area contributed by atoms with Crippen molar-refractivity contribution in [2.45, 2.75) is 39.0 Å². The molecule has 0 aromatic carbocycles. The van der Waals surface area contributed by atoms with Crippen LogP contribution in [0.1, 0.15) is 31.7 Å². The van der Waals surface area contributed by atoms with E-state index in [-0.39, 0.29) is 10.8 Å². The second kappa shape index (κ2) is 8.29. The molecule has 0 radical (unpaired) electrons. The number of aryl methyl sites for hydroxylation is 2. The maximum atomic E-state index is 12.9. The first-order valence-electron chi connectivity index (χ1n) is 8.74. The molecule has 0 spiro atoms. The monoisotopic (exact) mass is 372 g/mol. The molecule has 1 fully saturated rings. The molecule has 0 unspecified atom stereocenters. The van der Waals surface area contributed by atoms with Gasteiger partial charge in [-0.1, -0.05) is 5.16 Å². The van der Waals surface area contributed by atoms with Gasteiger partial charge in [0.25, 0.3) is 0 Å². The lowest BCUT2D eigenvalue weighted by Crippen LogP contribution is -2.42. The zero-order valence-electron chi connectivity index (χ0n) is 15.5. The van der Waals surface area contributed by atoms with E-state index in [1.807, 2.05) is 18.7 Å². The fourth-order valence-electron chi connectivity index (χ4n) is 3.19. The summed E-state index contributed by atoms with van der Waals surface area (Å²) < 4.78 is 32.3. The van der Waals surface area contributed by atoms with Crippen LogP contribution in [0.2, 0.25) is 0 Å². The molecule has 0 N–H and O–H groups in total. The molecule has 0 saturated carbocycles. The van der Waals surface area contributed by atoms with Crippen molar-refractivity contribution in [3.05, 3.63) is 11.5 Å². The number of amides is 1. The zero-order chi connectivity index (χ0) is 18.6. The number of carbonyl (C=O) groups excluding carboxylic acids is 1. The van der Waals surface area contributed by atoms with Crippen molar-refractivity contribution in [2.24, 2.45) is 0 Å². The van der Waals surface area contributed by atoms with Gasteiger partial charge in [-0.15, -0.1) is 0 Å². The fourth-order valence-corrected chi connectivity index (χ4v) is 4.95. The van der Waals surface area contributed by atoms with Crippen LogP contribution in [0.25, 0.3) is 0 Å². The molecule has 2 rings (SSSR count). The Labute approximate surface area is 149 Å². The highest BCUT2D eigenvalue weighted by atomic mass is 32.2. The Kier molecular flexibility index (Phi) is 6.59. The molecular formula is C16H28N4O4S. The van der Waals surface area contributed by atoms with Crippen LogP contribution in [0.15, 0.2) is 9.42 Å². The molecule has 1 aromatic heterocycles. The Morgan fingerprint density at radius 1 is 1.16 bits per heavy atom. The van der Waals surface area contributed by atoms with E-state index >= 15 is 0 Å². The van der Waals surface area contributed by atoms with Gasteiger partial charge in [0.2, 0.25) is 15.9 Å². The van der Waals surface area contributed by atoms with Crippen LogP contribution in [0.4, 0.5) is 0 Å². The first kappa shape index (κ1) is 19.9. The van der Waals surface area contributed by atoms with Crippen molar-refractivity contribution in [3.63, 3.8) is 0 Å². The van der Waals surface area contributed by atoms with Gasteiger partial charge < -0.3 is 9.42 Å². The van der Waals surface area contributed by atoms with Gasteiger partial charge in [0.1, 0.15) is 10.6 Å². The van der Waals surface area contributed by atoms with Gasteiger partial charge in [-0.2, -0.15) is 4.31 Å². The van der Waals surface area contributed by atoms with E-state index in [1.165, 1.54) is 4.31 Å². The highest BCUT2D eigenvalue weighted by Gasteiger charge is 2.32. The third-order valence-electron chi connectivity index (χ3n) is 4.59. The molecule has 1 aliphatic rings. The van der Waals surface area contributed by atoms with Gasteiger partial charge in [-0.3, -0.25) is 9.69 Å². The number of nitrogens with zero attached hydrogens (tertiary/aromatic N) is 4. The summed E-state index contributed by atoms with van der Waals surface area (Å²) in [5, 5.41) is 3.75. The standard InChI is InChI=1S/C16H28N4O4S/c1-5-19(6-2)15(21)12-18-8-7-9-20(11-10-18)25(22,23)16-13(3)17-24-14(16)4/h5-12H2,1-4H3. The Morgan fingerprint density at radius 3 is 2.40 bits per heavy atom. The summed E-state index contributed by atoms with van der Waals surface area (Å²) >= 11 is 0. The van der Waals surface area contributed by atoms with E-state index in [0.29, 0.717) is 63.7 Å². The van der Waals surface area contributed by atoms with Crippen LogP contribution in [-0.2, 0) is 14.8 Å². The number of hydrogen-bond donors (Lipinski definition) is 0. The third-order valence-corrected chi connectivity index (χ3v) is 6.73. The molecule has 0 aliphatic carbocycles. The number of likely N-dealkylation sites (N-methyl/N-ethyl adjacent to an activating group) is 1. The zero-order valence-corrected chi connectivity index (χ0v) is 16.3. The van der Waals surface area contributed by atoms with Crippen molar-refractivity contribution in [1.29, 1.82) is 0 Å². The van der Waals surface area contributed by atoms with Crippen LogP contribution in [0.5, 0.6) is 0 Å². The van der Waals surface area contributed by atoms with Gasteiger partial charge in [0.05, 0.1) is 6.54 Å². The summed E-state index contributed by atoms with van der Waals surface area (Å²) in [7, 11) is -3.63. The molecule has 8 nitrogen and oxygen atoms in total. The molecule has 1 aliphatic heterocycles. The minimum atomic E-state index is -3.63. The molecule has 0 atom stereocenters. The van der Waals surface area contributed by atoms with Crippen LogP contribution in [0.3, 0.4) is 0 Å². The summed E-state index contributed by atoms with van der Waals surface area (Å²) in [5.74, 6) is 0.405. The lowest BCUT2D eigenvalue weighted by atomic mass is 10.3. The molecule has 2 heterocycles. The minimum absolute atomic E-state index is 0.0898. The molecule has 9 heteroatoms. The molecular weight excluding hydrogens is 344 g/mol. The topological polar surface area (TPSA) is 87.0 Å². The van der Waals surface area contributed by atoms with Crippen molar-refractivity contribution in [1.82, 2.24) is 19.3 Å². The molecule has 25 heavy (non-hydrogen) atoms. The van der Waals surface area contributed by atoms with Gasteiger partial charge in [-0.25, -0.2) is 8.42 Å². The third kappa shape index (κ3) is 4.39.